The summed E-state index contributed by atoms with van der Waals surface area (Å²) in [5.74, 6) is 0. The summed E-state index contributed by atoms with van der Waals surface area (Å²) in [4.78, 5) is 0. The van der Waals surface area contributed by atoms with E-state index in [2.05, 4.69) is 54.5 Å². The van der Waals surface area contributed by atoms with Gasteiger partial charge in [-0.05, 0) is 30.3 Å². The first-order valence-electron chi connectivity index (χ1n) is 5.88. The smallest absolute Gasteiger partial charge is 0.0999 e. The average Bonchev–Trinajstić information content (AvgIpc) is 3.02. The maximum absolute atomic E-state index is 4.42. The van der Waals surface area contributed by atoms with Gasteiger partial charge in [0.15, 0.2) is 0 Å². The highest BCUT2D eigenvalue weighted by atomic mass is 79.9. The van der Waals surface area contributed by atoms with E-state index in [4.69, 9.17) is 0 Å². The molecule has 2 N–H and O–H groups in total. The highest BCUT2D eigenvalue weighted by molar-refractivity contribution is 9.10. The molecule has 4 nitrogen and oxygen atoms in total. The van der Waals surface area contributed by atoms with Crippen molar-refractivity contribution < 1.29 is 0 Å². The van der Waals surface area contributed by atoms with E-state index in [1.165, 1.54) is 0 Å². The summed E-state index contributed by atoms with van der Waals surface area (Å²) < 4.78 is 1.04. The molecular weight excluding hydrogens is 304 g/mol. The maximum Gasteiger partial charge on any atom is 0.0999 e. The molecule has 0 aliphatic carbocycles. The second kappa shape index (κ2) is 3.93. The molecule has 0 unspecified atom stereocenters. The Morgan fingerprint density at radius 1 is 0.947 bits per heavy atom. The number of nitrogens with zero attached hydrogens (tertiary/aromatic N) is 2. The lowest BCUT2D eigenvalue weighted by Crippen LogP contribution is -1.79. The third-order valence-electron chi connectivity index (χ3n) is 3.24. The van der Waals surface area contributed by atoms with E-state index in [0.29, 0.717) is 0 Å². The van der Waals surface area contributed by atoms with Crippen LogP contribution in [0.5, 0.6) is 0 Å². The Labute approximate surface area is 117 Å². The minimum absolute atomic E-state index is 0.964. The Morgan fingerprint density at radius 2 is 1.89 bits per heavy atom. The van der Waals surface area contributed by atoms with Crippen LogP contribution < -0.4 is 0 Å². The van der Waals surface area contributed by atoms with Gasteiger partial charge in [0.05, 0.1) is 22.9 Å². The zero-order chi connectivity index (χ0) is 12.8. The predicted octanol–water partition coefficient (Wildman–Crippen LogP) is 3.87. The van der Waals surface area contributed by atoms with Gasteiger partial charge < -0.3 is 0 Å². The zero-order valence-electron chi connectivity index (χ0n) is 9.81. The molecule has 4 rings (SSSR count). The minimum Gasteiger partial charge on any atom is -0.278 e. The number of benzene rings is 2. The molecular formula is C14H9BrN4. The van der Waals surface area contributed by atoms with Gasteiger partial charge in [-0.15, -0.1) is 0 Å². The number of halogens is 1. The summed E-state index contributed by atoms with van der Waals surface area (Å²) in [6, 6.07) is 12.3. The molecule has 4 aromatic rings. The lowest BCUT2D eigenvalue weighted by atomic mass is 10.1. The molecule has 5 heteroatoms. The number of hydrogen-bond donors (Lipinski definition) is 2. The summed E-state index contributed by atoms with van der Waals surface area (Å²) in [6.45, 7) is 0. The van der Waals surface area contributed by atoms with Crippen molar-refractivity contribution in [2.75, 3.05) is 0 Å². The van der Waals surface area contributed by atoms with Crippen LogP contribution in [0.3, 0.4) is 0 Å². The standard InChI is InChI=1S/C14H9BrN4/c15-10-2-3-11-13(6-10)18-19-14(11)8-1-4-12-9(5-8)7-16-17-12/h1-7H,(H,16,17)(H,18,19). The van der Waals surface area contributed by atoms with Gasteiger partial charge in [0.1, 0.15) is 0 Å². The molecule has 0 aliphatic rings. The lowest BCUT2D eigenvalue weighted by molar-refractivity contribution is 1.12. The molecule has 2 aromatic heterocycles. The summed E-state index contributed by atoms with van der Waals surface area (Å²) >= 11 is 3.47. The molecule has 0 saturated heterocycles. The van der Waals surface area contributed by atoms with Crippen molar-refractivity contribution in [2.24, 2.45) is 0 Å². The van der Waals surface area contributed by atoms with E-state index in [9.17, 15) is 0 Å². The van der Waals surface area contributed by atoms with Crippen LogP contribution in [0.15, 0.2) is 47.1 Å². The summed E-state index contributed by atoms with van der Waals surface area (Å²) in [5.41, 5.74) is 4.11. The molecule has 0 bridgehead atoms. The van der Waals surface area contributed by atoms with Crippen molar-refractivity contribution in [3.8, 4) is 11.3 Å². The van der Waals surface area contributed by atoms with Crippen LogP contribution in [0.1, 0.15) is 0 Å². The van der Waals surface area contributed by atoms with Crippen LogP contribution in [0.2, 0.25) is 0 Å². The van der Waals surface area contributed by atoms with Crippen LogP contribution in [-0.2, 0) is 0 Å². The highest BCUT2D eigenvalue weighted by Crippen LogP contribution is 2.29. The van der Waals surface area contributed by atoms with Crippen LogP contribution in [-0.4, -0.2) is 20.4 Å². The molecule has 0 amide bonds. The number of aromatic amines is 2. The number of H-pyrrole nitrogens is 2. The fourth-order valence-electron chi connectivity index (χ4n) is 2.30. The first kappa shape index (κ1) is 10.8. The average molecular weight is 313 g/mol. The maximum atomic E-state index is 4.42. The Balaban J connectivity index is 1.97. The number of rotatable bonds is 1. The van der Waals surface area contributed by atoms with Gasteiger partial charge in [0.2, 0.25) is 0 Å². The molecule has 0 fully saturated rings. The predicted molar refractivity (Wildman–Crippen MR) is 78.9 cm³/mol. The quantitative estimate of drug-likeness (QED) is 0.560. The Kier molecular flexibility index (Phi) is 2.22. The van der Waals surface area contributed by atoms with Crippen molar-refractivity contribution in [2.45, 2.75) is 0 Å². The first-order valence-corrected chi connectivity index (χ1v) is 6.68. The highest BCUT2D eigenvalue weighted by Gasteiger charge is 2.09. The molecule has 0 atom stereocenters. The van der Waals surface area contributed by atoms with Gasteiger partial charge in [-0.1, -0.05) is 22.0 Å². The van der Waals surface area contributed by atoms with Crippen molar-refractivity contribution in [1.29, 1.82) is 0 Å². The fraction of sp³-hybridized carbons (Fsp3) is 0. The SMILES string of the molecule is Brc1ccc2c(-c3ccc4[nH]ncc4c3)n[nH]c2c1. The van der Waals surface area contributed by atoms with Crippen molar-refractivity contribution in [1.82, 2.24) is 20.4 Å². The Hall–Kier alpha value is -2.14. The molecule has 0 aliphatic heterocycles. The topological polar surface area (TPSA) is 57.4 Å². The van der Waals surface area contributed by atoms with E-state index in [1.54, 1.807) is 0 Å². The van der Waals surface area contributed by atoms with E-state index in [-0.39, 0.29) is 0 Å². The lowest BCUT2D eigenvalue weighted by Gasteiger charge is -1.98. The fourth-order valence-corrected chi connectivity index (χ4v) is 2.66. The number of nitrogens with one attached hydrogen (secondary N) is 2. The second-order valence-corrected chi connectivity index (χ2v) is 5.35. The third-order valence-corrected chi connectivity index (χ3v) is 3.73. The van der Waals surface area contributed by atoms with Gasteiger partial charge in [0.25, 0.3) is 0 Å². The molecule has 2 aromatic carbocycles. The van der Waals surface area contributed by atoms with Crippen LogP contribution in [0, 0.1) is 0 Å². The third kappa shape index (κ3) is 1.66. The number of hydrogen-bond acceptors (Lipinski definition) is 2. The normalized spacial score (nSPS) is 11.4. The first-order chi connectivity index (χ1) is 9.31. The molecule has 0 radical (unpaired) electrons. The summed E-state index contributed by atoms with van der Waals surface area (Å²) in [6.07, 6.45) is 1.82. The van der Waals surface area contributed by atoms with Crippen molar-refractivity contribution >= 4 is 37.7 Å². The summed E-state index contributed by atoms with van der Waals surface area (Å²) in [5, 5.41) is 16.7. The molecule has 0 spiro atoms. The molecule has 92 valence electrons. The van der Waals surface area contributed by atoms with Gasteiger partial charge >= 0.3 is 0 Å². The number of fused-ring (bicyclic) bond motifs is 2. The summed E-state index contributed by atoms with van der Waals surface area (Å²) in [7, 11) is 0. The van der Waals surface area contributed by atoms with Crippen LogP contribution in [0.25, 0.3) is 33.1 Å². The molecule has 2 heterocycles. The van der Waals surface area contributed by atoms with Gasteiger partial charge in [0, 0.05) is 20.8 Å². The Bertz CT molecular complexity index is 891. The van der Waals surface area contributed by atoms with Gasteiger partial charge in [-0.25, -0.2) is 0 Å². The molecule has 0 saturated carbocycles. The van der Waals surface area contributed by atoms with Crippen LogP contribution >= 0.6 is 15.9 Å². The van der Waals surface area contributed by atoms with Gasteiger partial charge in [-0.3, -0.25) is 10.2 Å². The van der Waals surface area contributed by atoms with Gasteiger partial charge in [-0.2, -0.15) is 10.2 Å². The van der Waals surface area contributed by atoms with E-state index >= 15 is 0 Å². The number of aromatic nitrogens is 4. The van der Waals surface area contributed by atoms with Crippen LogP contribution in [0.4, 0.5) is 0 Å². The molecule has 19 heavy (non-hydrogen) atoms. The zero-order valence-corrected chi connectivity index (χ0v) is 11.4. The Morgan fingerprint density at radius 3 is 2.84 bits per heavy atom. The monoisotopic (exact) mass is 312 g/mol. The van der Waals surface area contributed by atoms with E-state index in [1.807, 2.05) is 24.4 Å². The second-order valence-electron chi connectivity index (χ2n) is 4.43. The van der Waals surface area contributed by atoms with E-state index in [0.717, 1.165) is 37.5 Å². The van der Waals surface area contributed by atoms with Crippen molar-refractivity contribution in [3.63, 3.8) is 0 Å². The van der Waals surface area contributed by atoms with Crippen molar-refractivity contribution in [3.05, 3.63) is 47.1 Å². The minimum atomic E-state index is 0.964. The largest absolute Gasteiger partial charge is 0.278 e. The van der Waals surface area contributed by atoms with E-state index < -0.39 is 0 Å².